The van der Waals surface area contributed by atoms with Gasteiger partial charge in [-0.15, -0.1) is 0 Å². The van der Waals surface area contributed by atoms with Crippen molar-refractivity contribution in [3.05, 3.63) is 58.5 Å². The number of Topliss-reactive ketones (excluding diaryl/α,β-unsaturated/α-hetero) is 2. The van der Waals surface area contributed by atoms with E-state index >= 15 is 0 Å². The second-order valence-electron chi connectivity index (χ2n) is 5.41. The van der Waals surface area contributed by atoms with Crippen molar-refractivity contribution in [3.8, 4) is 0 Å². The van der Waals surface area contributed by atoms with Gasteiger partial charge in [-0.05, 0) is 43.3 Å². The van der Waals surface area contributed by atoms with E-state index in [1.165, 1.54) is 37.3 Å². The van der Waals surface area contributed by atoms with Crippen LogP contribution in [0.15, 0.2) is 40.8 Å². The van der Waals surface area contributed by atoms with E-state index in [1.54, 1.807) is 0 Å². The molecule has 0 aliphatic heterocycles. The van der Waals surface area contributed by atoms with E-state index in [0.717, 1.165) is 6.07 Å². The highest BCUT2D eigenvalue weighted by Gasteiger charge is 2.44. The molecule has 0 unspecified atom stereocenters. The van der Waals surface area contributed by atoms with Gasteiger partial charge in [0.25, 0.3) is 0 Å². The number of rotatable bonds is 6. The molecule has 0 spiro atoms. The van der Waals surface area contributed by atoms with Crippen LogP contribution in [0.5, 0.6) is 0 Å². The van der Waals surface area contributed by atoms with E-state index in [1.807, 2.05) is 0 Å². The molecular formula is C17H14ClF3O3. The zero-order valence-electron chi connectivity index (χ0n) is 12.7. The predicted molar refractivity (Wildman–Crippen MR) is 82.3 cm³/mol. The van der Waals surface area contributed by atoms with E-state index in [0.29, 0.717) is 5.02 Å². The largest absolute Gasteiger partial charge is 0.465 e. The SMILES string of the molecule is CC(=O)Cc1ccc([C@H](CC(=O)c2ccc(Cl)cc2)C(F)(F)F)o1. The normalized spacial score (nSPS) is 12.9. The van der Waals surface area contributed by atoms with Gasteiger partial charge in [0.2, 0.25) is 0 Å². The van der Waals surface area contributed by atoms with Gasteiger partial charge in [-0.25, -0.2) is 0 Å². The van der Waals surface area contributed by atoms with Gasteiger partial charge in [-0.3, -0.25) is 9.59 Å². The average molecular weight is 359 g/mol. The lowest BCUT2D eigenvalue weighted by molar-refractivity contribution is -0.153. The smallest absolute Gasteiger partial charge is 0.399 e. The van der Waals surface area contributed by atoms with Crippen LogP contribution in [0.2, 0.25) is 5.02 Å². The third-order valence-electron chi connectivity index (χ3n) is 3.40. The topological polar surface area (TPSA) is 47.3 Å². The molecule has 1 heterocycles. The average Bonchev–Trinajstić information content (AvgIpc) is 2.91. The fourth-order valence-corrected chi connectivity index (χ4v) is 2.36. The minimum Gasteiger partial charge on any atom is -0.465 e. The Bertz CT molecular complexity index is 732. The first-order valence-electron chi connectivity index (χ1n) is 7.10. The maximum Gasteiger partial charge on any atom is 0.399 e. The van der Waals surface area contributed by atoms with Crippen molar-refractivity contribution in [3.63, 3.8) is 0 Å². The second kappa shape index (κ2) is 7.21. The number of carbonyl (C=O) groups excluding carboxylic acids is 2. The Morgan fingerprint density at radius 2 is 1.75 bits per heavy atom. The highest BCUT2D eigenvalue weighted by molar-refractivity contribution is 6.30. The molecule has 0 aliphatic rings. The Morgan fingerprint density at radius 1 is 1.12 bits per heavy atom. The maximum absolute atomic E-state index is 13.3. The van der Waals surface area contributed by atoms with Gasteiger partial charge in [0, 0.05) is 17.0 Å². The zero-order valence-corrected chi connectivity index (χ0v) is 13.4. The molecule has 0 amide bonds. The quantitative estimate of drug-likeness (QED) is 0.684. The first-order valence-corrected chi connectivity index (χ1v) is 7.48. The van der Waals surface area contributed by atoms with Crippen molar-refractivity contribution in [1.82, 2.24) is 0 Å². The molecule has 0 saturated heterocycles. The lowest BCUT2D eigenvalue weighted by Crippen LogP contribution is -2.23. The Kier molecular flexibility index (Phi) is 5.49. The van der Waals surface area contributed by atoms with Crippen LogP contribution in [0.25, 0.3) is 0 Å². The summed E-state index contributed by atoms with van der Waals surface area (Å²) in [5.74, 6) is -3.19. The summed E-state index contributed by atoms with van der Waals surface area (Å²) in [6.45, 7) is 1.31. The molecule has 0 radical (unpaired) electrons. The molecule has 3 nitrogen and oxygen atoms in total. The molecular weight excluding hydrogens is 345 g/mol. The van der Waals surface area contributed by atoms with Crippen molar-refractivity contribution in [1.29, 1.82) is 0 Å². The first-order chi connectivity index (χ1) is 11.2. The lowest BCUT2D eigenvalue weighted by Gasteiger charge is -2.17. The molecule has 7 heteroatoms. The van der Waals surface area contributed by atoms with Crippen molar-refractivity contribution < 1.29 is 27.2 Å². The molecule has 1 atom stereocenters. The summed E-state index contributed by atoms with van der Waals surface area (Å²) < 4.78 is 45.1. The van der Waals surface area contributed by atoms with Crippen molar-refractivity contribution in [2.24, 2.45) is 0 Å². The third-order valence-corrected chi connectivity index (χ3v) is 3.65. The van der Waals surface area contributed by atoms with E-state index in [4.69, 9.17) is 16.0 Å². The maximum atomic E-state index is 13.3. The van der Waals surface area contributed by atoms with Crippen LogP contribution >= 0.6 is 11.6 Å². The van der Waals surface area contributed by atoms with Gasteiger partial charge >= 0.3 is 6.18 Å². The number of hydrogen-bond donors (Lipinski definition) is 0. The Morgan fingerprint density at radius 3 is 2.29 bits per heavy atom. The summed E-state index contributed by atoms with van der Waals surface area (Å²) in [6.07, 6.45) is -5.51. The number of benzene rings is 1. The van der Waals surface area contributed by atoms with Crippen molar-refractivity contribution in [2.75, 3.05) is 0 Å². The standard InChI is InChI=1S/C17H14ClF3O3/c1-10(22)8-13-6-7-16(24-13)14(17(19,20)21)9-15(23)11-2-4-12(18)5-3-11/h2-7,14H,8-9H2,1H3/t14-/m0/s1. The van der Waals surface area contributed by atoms with Gasteiger partial charge in [-0.2, -0.15) is 13.2 Å². The summed E-state index contributed by atoms with van der Waals surface area (Å²) in [5.41, 5.74) is 0.143. The molecule has 0 bridgehead atoms. The summed E-state index contributed by atoms with van der Waals surface area (Å²) in [4.78, 5) is 23.2. The van der Waals surface area contributed by atoms with Gasteiger partial charge in [-0.1, -0.05) is 11.6 Å². The van der Waals surface area contributed by atoms with E-state index in [2.05, 4.69) is 0 Å². The van der Waals surface area contributed by atoms with E-state index in [9.17, 15) is 22.8 Å². The zero-order chi connectivity index (χ0) is 17.9. The summed E-state index contributed by atoms with van der Waals surface area (Å²) in [7, 11) is 0. The number of carbonyl (C=O) groups is 2. The van der Waals surface area contributed by atoms with Gasteiger partial charge < -0.3 is 4.42 Å². The van der Waals surface area contributed by atoms with Crippen molar-refractivity contribution in [2.45, 2.75) is 31.9 Å². The molecule has 24 heavy (non-hydrogen) atoms. The minimum absolute atomic E-state index is 0.0876. The van der Waals surface area contributed by atoms with Gasteiger partial charge in [0.05, 0.1) is 6.42 Å². The fraction of sp³-hybridized carbons (Fsp3) is 0.294. The molecule has 2 aromatic rings. The molecule has 0 saturated carbocycles. The molecule has 1 aromatic carbocycles. The molecule has 2 rings (SSSR count). The lowest BCUT2D eigenvalue weighted by atomic mass is 9.95. The predicted octanol–water partition coefficient (Wildman–Crippen LogP) is 4.98. The summed E-state index contributed by atoms with van der Waals surface area (Å²) in [5, 5.41) is 0.388. The van der Waals surface area contributed by atoms with Crippen LogP contribution < -0.4 is 0 Å². The number of halogens is 4. The molecule has 128 valence electrons. The monoisotopic (exact) mass is 358 g/mol. The molecule has 0 N–H and O–H groups in total. The van der Waals surface area contributed by atoms with Crippen LogP contribution in [0.3, 0.4) is 0 Å². The molecule has 0 fully saturated rings. The Labute approximate surface area is 141 Å². The molecule has 0 aliphatic carbocycles. The number of alkyl halides is 3. The van der Waals surface area contributed by atoms with Crippen LogP contribution in [0.1, 0.15) is 41.1 Å². The van der Waals surface area contributed by atoms with Crippen LogP contribution in [0.4, 0.5) is 13.2 Å². The Hall–Kier alpha value is -2.08. The Balaban J connectivity index is 2.23. The fourth-order valence-electron chi connectivity index (χ4n) is 2.24. The highest BCUT2D eigenvalue weighted by atomic mass is 35.5. The van der Waals surface area contributed by atoms with Gasteiger partial charge in [0.1, 0.15) is 23.2 Å². The molecule has 1 aromatic heterocycles. The van der Waals surface area contributed by atoms with Crippen LogP contribution in [-0.2, 0) is 11.2 Å². The summed E-state index contributed by atoms with van der Waals surface area (Å²) >= 11 is 5.70. The van der Waals surface area contributed by atoms with Gasteiger partial charge in [0.15, 0.2) is 5.78 Å². The first kappa shape index (κ1) is 18.3. The third kappa shape index (κ3) is 4.71. The summed E-state index contributed by atoms with van der Waals surface area (Å²) in [6, 6.07) is 8.11. The number of furan rings is 1. The minimum atomic E-state index is -4.65. The number of hydrogen-bond acceptors (Lipinski definition) is 3. The second-order valence-corrected chi connectivity index (χ2v) is 5.85. The number of ketones is 2. The van der Waals surface area contributed by atoms with Crippen LogP contribution in [-0.4, -0.2) is 17.7 Å². The highest BCUT2D eigenvalue weighted by Crippen LogP contribution is 2.39. The van der Waals surface area contributed by atoms with Crippen molar-refractivity contribution >= 4 is 23.2 Å². The van der Waals surface area contributed by atoms with E-state index < -0.39 is 24.3 Å². The van der Waals surface area contributed by atoms with Crippen LogP contribution in [0, 0.1) is 0 Å². The van der Waals surface area contributed by atoms with E-state index in [-0.39, 0.29) is 29.3 Å².